The molecular formula is C16H18O2. The molecule has 0 saturated heterocycles. The Morgan fingerprint density at radius 1 is 1.06 bits per heavy atom. The molecular weight excluding hydrogens is 224 g/mol. The van der Waals surface area contributed by atoms with Crippen molar-refractivity contribution in [1.82, 2.24) is 0 Å². The molecule has 2 aromatic carbocycles. The Hall–Kier alpha value is -1.80. The molecule has 2 aromatic rings. The molecule has 0 spiro atoms. The van der Waals surface area contributed by atoms with Gasteiger partial charge in [-0.25, -0.2) is 0 Å². The van der Waals surface area contributed by atoms with Crippen molar-refractivity contribution in [2.45, 2.75) is 27.1 Å². The van der Waals surface area contributed by atoms with Crippen LogP contribution < -0.4 is 4.74 Å². The lowest BCUT2D eigenvalue weighted by Gasteiger charge is -2.13. The Kier molecular flexibility index (Phi) is 4.00. The third-order valence-corrected chi connectivity index (χ3v) is 2.93. The summed E-state index contributed by atoms with van der Waals surface area (Å²) >= 11 is 0. The Labute approximate surface area is 108 Å². The standard InChI is InChI=1S/C16H18O2/c1-12-5-3-7-14(9-12)11-18-16-13(2)6-4-8-15(16)10-17/h3-9,17H,10-11H2,1-2H3. The van der Waals surface area contributed by atoms with E-state index in [1.807, 2.05) is 37.3 Å². The minimum Gasteiger partial charge on any atom is -0.488 e. The quantitative estimate of drug-likeness (QED) is 0.890. The van der Waals surface area contributed by atoms with E-state index in [-0.39, 0.29) is 6.61 Å². The van der Waals surface area contributed by atoms with Gasteiger partial charge in [-0.3, -0.25) is 0 Å². The Bertz CT molecular complexity index is 532. The van der Waals surface area contributed by atoms with Gasteiger partial charge in [0.05, 0.1) is 6.61 Å². The number of aliphatic hydroxyl groups is 1. The van der Waals surface area contributed by atoms with Crippen LogP contribution >= 0.6 is 0 Å². The molecule has 0 bridgehead atoms. The molecule has 0 fully saturated rings. The van der Waals surface area contributed by atoms with Crippen LogP contribution in [0, 0.1) is 13.8 Å². The van der Waals surface area contributed by atoms with E-state index in [9.17, 15) is 5.11 Å². The number of para-hydroxylation sites is 1. The van der Waals surface area contributed by atoms with Crippen molar-refractivity contribution in [1.29, 1.82) is 0 Å². The lowest BCUT2D eigenvalue weighted by atomic mass is 10.1. The molecule has 2 rings (SSSR count). The third kappa shape index (κ3) is 2.90. The summed E-state index contributed by atoms with van der Waals surface area (Å²) in [6.45, 7) is 4.59. The number of aryl methyl sites for hydroxylation is 2. The molecule has 0 heterocycles. The number of aliphatic hydroxyl groups excluding tert-OH is 1. The van der Waals surface area contributed by atoms with Gasteiger partial charge in [0, 0.05) is 5.56 Å². The highest BCUT2D eigenvalue weighted by Gasteiger charge is 2.06. The van der Waals surface area contributed by atoms with Gasteiger partial charge in [-0.2, -0.15) is 0 Å². The van der Waals surface area contributed by atoms with E-state index in [0.717, 1.165) is 22.4 Å². The average molecular weight is 242 g/mol. The molecule has 0 radical (unpaired) electrons. The zero-order valence-corrected chi connectivity index (χ0v) is 10.8. The highest BCUT2D eigenvalue weighted by Crippen LogP contribution is 2.24. The summed E-state index contributed by atoms with van der Waals surface area (Å²) in [6.07, 6.45) is 0. The van der Waals surface area contributed by atoms with Gasteiger partial charge < -0.3 is 9.84 Å². The predicted octanol–water partition coefficient (Wildman–Crippen LogP) is 3.37. The van der Waals surface area contributed by atoms with Crippen LogP contribution in [0.1, 0.15) is 22.3 Å². The molecule has 0 aliphatic carbocycles. The highest BCUT2D eigenvalue weighted by molar-refractivity contribution is 5.40. The first-order valence-electron chi connectivity index (χ1n) is 6.08. The number of hydrogen-bond acceptors (Lipinski definition) is 2. The number of hydrogen-bond donors (Lipinski definition) is 1. The Morgan fingerprint density at radius 2 is 1.83 bits per heavy atom. The maximum Gasteiger partial charge on any atom is 0.128 e. The van der Waals surface area contributed by atoms with Crippen molar-refractivity contribution in [2.75, 3.05) is 0 Å². The normalized spacial score (nSPS) is 10.4. The van der Waals surface area contributed by atoms with Crippen molar-refractivity contribution in [3.8, 4) is 5.75 Å². The summed E-state index contributed by atoms with van der Waals surface area (Å²) in [7, 11) is 0. The number of ether oxygens (including phenoxy) is 1. The van der Waals surface area contributed by atoms with Crippen molar-refractivity contribution in [3.05, 3.63) is 64.7 Å². The fourth-order valence-electron chi connectivity index (χ4n) is 2.00. The van der Waals surface area contributed by atoms with Crippen LogP contribution in [0.2, 0.25) is 0 Å². The van der Waals surface area contributed by atoms with Crippen LogP contribution in [0.15, 0.2) is 42.5 Å². The molecule has 0 amide bonds. The first kappa shape index (κ1) is 12.7. The summed E-state index contributed by atoms with van der Waals surface area (Å²) in [5.41, 5.74) is 4.25. The summed E-state index contributed by atoms with van der Waals surface area (Å²) in [5.74, 6) is 0.793. The zero-order chi connectivity index (χ0) is 13.0. The second kappa shape index (κ2) is 5.69. The van der Waals surface area contributed by atoms with Crippen LogP contribution in [0.3, 0.4) is 0 Å². The molecule has 18 heavy (non-hydrogen) atoms. The lowest BCUT2D eigenvalue weighted by Crippen LogP contribution is -2.00. The third-order valence-electron chi connectivity index (χ3n) is 2.93. The second-order valence-corrected chi connectivity index (χ2v) is 4.50. The van der Waals surface area contributed by atoms with Gasteiger partial charge in [0.1, 0.15) is 12.4 Å². The summed E-state index contributed by atoms with van der Waals surface area (Å²) in [5, 5.41) is 9.30. The Morgan fingerprint density at radius 3 is 2.56 bits per heavy atom. The van der Waals surface area contributed by atoms with Crippen LogP contribution in [0.25, 0.3) is 0 Å². The van der Waals surface area contributed by atoms with Crippen molar-refractivity contribution in [3.63, 3.8) is 0 Å². The summed E-state index contributed by atoms with van der Waals surface area (Å²) in [6, 6.07) is 14.1. The van der Waals surface area contributed by atoms with E-state index in [0.29, 0.717) is 6.61 Å². The van der Waals surface area contributed by atoms with E-state index in [1.165, 1.54) is 5.56 Å². The first-order chi connectivity index (χ1) is 8.70. The fourth-order valence-corrected chi connectivity index (χ4v) is 2.00. The molecule has 94 valence electrons. The van der Waals surface area contributed by atoms with E-state index in [4.69, 9.17) is 4.74 Å². The van der Waals surface area contributed by atoms with E-state index in [2.05, 4.69) is 19.1 Å². The van der Waals surface area contributed by atoms with Gasteiger partial charge in [0.2, 0.25) is 0 Å². The molecule has 0 aromatic heterocycles. The molecule has 0 aliphatic heterocycles. The first-order valence-corrected chi connectivity index (χ1v) is 6.08. The zero-order valence-electron chi connectivity index (χ0n) is 10.8. The molecule has 0 unspecified atom stereocenters. The lowest BCUT2D eigenvalue weighted by molar-refractivity contribution is 0.258. The maximum atomic E-state index is 9.30. The van der Waals surface area contributed by atoms with Crippen molar-refractivity contribution < 1.29 is 9.84 Å². The van der Waals surface area contributed by atoms with Crippen LogP contribution in [0.4, 0.5) is 0 Å². The van der Waals surface area contributed by atoms with E-state index in [1.54, 1.807) is 0 Å². The largest absolute Gasteiger partial charge is 0.488 e. The molecule has 0 atom stereocenters. The van der Waals surface area contributed by atoms with Crippen LogP contribution in [0.5, 0.6) is 5.75 Å². The highest BCUT2D eigenvalue weighted by atomic mass is 16.5. The average Bonchev–Trinajstić information content (AvgIpc) is 2.37. The van der Waals surface area contributed by atoms with Gasteiger partial charge in [-0.05, 0) is 25.0 Å². The molecule has 2 nitrogen and oxygen atoms in total. The summed E-state index contributed by atoms with van der Waals surface area (Å²) in [4.78, 5) is 0. The Balaban J connectivity index is 2.15. The maximum absolute atomic E-state index is 9.30. The van der Waals surface area contributed by atoms with Crippen LogP contribution in [-0.2, 0) is 13.2 Å². The SMILES string of the molecule is Cc1cccc(COc2c(C)cccc2CO)c1. The predicted molar refractivity (Wildman–Crippen MR) is 72.6 cm³/mol. The topological polar surface area (TPSA) is 29.5 Å². The van der Waals surface area contributed by atoms with E-state index < -0.39 is 0 Å². The second-order valence-electron chi connectivity index (χ2n) is 4.50. The summed E-state index contributed by atoms with van der Waals surface area (Å²) < 4.78 is 5.84. The van der Waals surface area contributed by atoms with Gasteiger partial charge in [-0.15, -0.1) is 0 Å². The van der Waals surface area contributed by atoms with Gasteiger partial charge in [0.15, 0.2) is 0 Å². The number of benzene rings is 2. The minimum atomic E-state index is 0.00479. The van der Waals surface area contributed by atoms with Crippen molar-refractivity contribution >= 4 is 0 Å². The van der Waals surface area contributed by atoms with Gasteiger partial charge >= 0.3 is 0 Å². The monoisotopic (exact) mass is 242 g/mol. The number of rotatable bonds is 4. The smallest absolute Gasteiger partial charge is 0.128 e. The van der Waals surface area contributed by atoms with Crippen LogP contribution in [-0.4, -0.2) is 5.11 Å². The molecule has 2 heteroatoms. The molecule has 0 aliphatic rings. The van der Waals surface area contributed by atoms with Crippen molar-refractivity contribution in [2.24, 2.45) is 0 Å². The fraction of sp³-hybridized carbons (Fsp3) is 0.250. The van der Waals surface area contributed by atoms with E-state index >= 15 is 0 Å². The molecule has 0 saturated carbocycles. The van der Waals surface area contributed by atoms with Gasteiger partial charge in [0.25, 0.3) is 0 Å². The minimum absolute atomic E-state index is 0.00479. The molecule has 1 N–H and O–H groups in total. The van der Waals surface area contributed by atoms with Gasteiger partial charge in [-0.1, -0.05) is 48.0 Å².